The maximum absolute atomic E-state index is 12.1. The number of hydrogen-bond acceptors (Lipinski definition) is 5. The van der Waals surface area contributed by atoms with Crippen LogP contribution in [0.5, 0.6) is 0 Å². The zero-order valence-electron chi connectivity index (χ0n) is 12.2. The fourth-order valence-electron chi connectivity index (χ4n) is 2.16. The van der Waals surface area contributed by atoms with Crippen molar-refractivity contribution < 1.29 is 9.53 Å². The van der Waals surface area contributed by atoms with Crippen molar-refractivity contribution in [3.8, 4) is 0 Å². The first kappa shape index (κ1) is 16.5. The van der Waals surface area contributed by atoms with E-state index in [9.17, 15) is 4.79 Å². The second kappa shape index (κ2) is 7.45. The maximum Gasteiger partial charge on any atom is 0.187 e. The minimum Gasteiger partial charge on any atom is -0.378 e. The van der Waals surface area contributed by atoms with Gasteiger partial charge in [0.05, 0.1) is 18.1 Å². The third kappa shape index (κ3) is 4.12. The van der Waals surface area contributed by atoms with Crippen LogP contribution in [0.3, 0.4) is 0 Å². The highest BCUT2D eigenvalue weighted by Gasteiger charge is 2.16. The highest BCUT2D eigenvalue weighted by molar-refractivity contribution is 7.17. The average Bonchev–Trinajstić information content (AvgIpc) is 2.95. The van der Waals surface area contributed by atoms with Gasteiger partial charge in [-0.1, -0.05) is 34.5 Å². The zero-order valence-corrected chi connectivity index (χ0v) is 14.5. The molecule has 120 valence electrons. The molecule has 23 heavy (non-hydrogen) atoms. The first-order valence-corrected chi connectivity index (χ1v) is 8.68. The van der Waals surface area contributed by atoms with E-state index < -0.39 is 0 Å². The molecule has 7 heteroatoms. The molecule has 3 rings (SSSR count). The molecule has 0 N–H and O–H groups in total. The Morgan fingerprint density at radius 2 is 1.91 bits per heavy atom. The normalized spacial score (nSPS) is 15.3. The third-order valence-corrected chi connectivity index (χ3v) is 5.13. The summed E-state index contributed by atoms with van der Waals surface area (Å²) in [5.74, 6) is -0.0981. The van der Waals surface area contributed by atoms with E-state index in [2.05, 4.69) is 9.88 Å². The number of nitrogens with zero attached hydrogens (tertiary/aromatic N) is 2. The van der Waals surface area contributed by atoms with E-state index in [1.54, 1.807) is 30.3 Å². The predicted octanol–water partition coefficient (Wildman–Crippen LogP) is 4.18. The lowest BCUT2D eigenvalue weighted by atomic mass is 10.1. The molecule has 1 aromatic carbocycles. The Labute approximate surface area is 148 Å². The molecule has 0 amide bonds. The second-order valence-corrected chi connectivity index (χ2v) is 6.76. The lowest BCUT2D eigenvalue weighted by molar-refractivity contribution is 0.104. The summed E-state index contributed by atoms with van der Waals surface area (Å²) in [6, 6.07) is 6.78. The van der Waals surface area contributed by atoms with E-state index in [1.165, 1.54) is 17.4 Å². The molecule has 2 heterocycles. The van der Waals surface area contributed by atoms with Gasteiger partial charge in [-0.05, 0) is 36.4 Å². The molecule has 1 saturated heterocycles. The predicted molar refractivity (Wildman–Crippen MR) is 95.0 cm³/mol. The summed E-state index contributed by atoms with van der Waals surface area (Å²) in [6.45, 7) is 2.99. The van der Waals surface area contributed by atoms with Gasteiger partial charge in [-0.2, -0.15) is 0 Å². The Morgan fingerprint density at radius 3 is 2.61 bits per heavy atom. The first-order valence-electron chi connectivity index (χ1n) is 7.10. The summed E-state index contributed by atoms with van der Waals surface area (Å²) in [4.78, 5) is 19.4. The fraction of sp³-hybridized carbons (Fsp3) is 0.250. The fourth-order valence-corrected chi connectivity index (χ4v) is 3.50. The maximum atomic E-state index is 12.1. The molecular formula is C16H14Cl2N2O2S. The third-order valence-electron chi connectivity index (χ3n) is 3.39. The largest absolute Gasteiger partial charge is 0.378 e. The van der Waals surface area contributed by atoms with Crippen molar-refractivity contribution in [1.82, 2.24) is 4.98 Å². The monoisotopic (exact) mass is 368 g/mol. The van der Waals surface area contributed by atoms with Gasteiger partial charge in [0.25, 0.3) is 0 Å². The first-order chi connectivity index (χ1) is 11.1. The lowest BCUT2D eigenvalue weighted by Crippen LogP contribution is -2.36. The number of benzene rings is 1. The average molecular weight is 369 g/mol. The van der Waals surface area contributed by atoms with Crippen molar-refractivity contribution in [3.63, 3.8) is 0 Å². The van der Waals surface area contributed by atoms with Gasteiger partial charge in [-0.25, -0.2) is 4.98 Å². The zero-order chi connectivity index (χ0) is 16.2. The molecule has 1 fully saturated rings. The van der Waals surface area contributed by atoms with Crippen LogP contribution in [-0.4, -0.2) is 37.1 Å². The number of halogens is 2. The Hall–Kier alpha value is -1.40. The Morgan fingerprint density at radius 1 is 1.22 bits per heavy atom. The highest BCUT2D eigenvalue weighted by atomic mass is 35.5. The molecule has 0 spiro atoms. The van der Waals surface area contributed by atoms with Crippen molar-refractivity contribution >= 4 is 51.5 Å². The molecule has 2 aromatic rings. The number of anilines is 1. The second-order valence-electron chi connectivity index (χ2n) is 4.96. The molecule has 0 radical (unpaired) electrons. The summed E-state index contributed by atoms with van der Waals surface area (Å²) in [6.07, 6.45) is 3.21. The van der Waals surface area contributed by atoms with Gasteiger partial charge >= 0.3 is 0 Å². The molecule has 1 aliphatic rings. The van der Waals surface area contributed by atoms with Crippen LogP contribution in [0.4, 0.5) is 5.13 Å². The van der Waals surface area contributed by atoms with Crippen molar-refractivity contribution in [3.05, 3.63) is 51.0 Å². The number of ether oxygens (including phenoxy) is 1. The van der Waals surface area contributed by atoms with Crippen molar-refractivity contribution in [1.29, 1.82) is 0 Å². The van der Waals surface area contributed by atoms with E-state index in [0.29, 0.717) is 29.0 Å². The van der Waals surface area contributed by atoms with E-state index in [-0.39, 0.29) is 5.78 Å². The SMILES string of the molecule is O=C(C=Cc1sc(N2CCOCC2)nc1Cl)c1ccc(Cl)cc1. The van der Waals surface area contributed by atoms with Crippen molar-refractivity contribution in [2.45, 2.75) is 0 Å². The summed E-state index contributed by atoms with van der Waals surface area (Å²) >= 11 is 13.5. The Bertz CT molecular complexity index is 722. The lowest BCUT2D eigenvalue weighted by Gasteiger charge is -2.25. The van der Waals surface area contributed by atoms with E-state index in [1.807, 2.05) is 0 Å². The van der Waals surface area contributed by atoms with Gasteiger partial charge in [0.2, 0.25) is 0 Å². The van der Waals surface area contributed by atoms with Gasteiger partial charge in [0, 0.05) is 23.7 Å². The number of ketones is 1. The molecule has 0 aliphatic carbocycles. The molecule has 1 aromatic heterocycles. The molecule has 0 saturated carbocycles. The summed E-state index contributed by atoms with van der Waals surface area (Å²) in [7, 11) is 0. The van der Waals surface area contributed by atoms with Crippen LogP contribution in [0.15, 0.2) is 30.3 Å². The minimum atomic E-state index is -0.0981. The molecule has 1 aliphatic heterocycles. The van der Waals surface area contributed by atoms with E-state index in [4.69, 9.17) is 27.9 Å². The van der Waals surface area contributed by atoms with Gasteiger partial charge in [0.1, 0.15) is 5.15 Å². The van der Waals surface area contributed by atoms with Gasteiger partial charge in [-0.15, -0.1) is 0 Å². The molecule has 0 bridgehead atoms. The molecule has 0 unspecified atom stereocenters. The van der Waals surface area contributed by atoms with Crippen molar-refractivity contribution in [2.24, 2.45) is 0 Å². The number of morpholine rings is 1. The topological polar surface area (TPSA) is 42.4 Å². The van der Waals surface area contributed by atoms with Crippen LogP contribution in [0.2, 0.25) is 10.2 Å². The minimum absolute atomic E-state index is 0.0981. The molecular weight excluding hydrogens is 355 g/mol. The number of hydrogen-bond donors (Lipinski definition) is 0. The van der Waals surface area contributed by atoms with Crippen LogP contribution >= 0.6 is 34.5 Å². The number of carbonyl (C=O) groups excluding carboxylic acids is 1. The quantitative estimate of drug-likeness (QED) is 0.599. The van der Waals surface area contributed by atoms with Crippen LogP contribution in [0.1, 0.15) is 15.2 Å². The summed E-state index contributed by atoms with van der Waals surface area (Å²) in [5.41, 5.74) is 0.583. The van der Waals surface area contributed by atoms with Gasteiger partial charge in [0.15, 0.2) is 10.9 Å². The van der Waals surface area contributed by atoms with E-state index in [0.717, 1.165) is 23.1 Å². The number of thiazole rings is 1. The number of allylic oxidation sites excluding steroid dienone is 1. The van der Waals surface area contributed by atoms with E-state index >= 15 is 0 Å². The van der Waals surface area contributed by atoms with Crippen molar-refractivity contribution in [2.75, 3.05) is 31.2 Å². The Balaban J connectivity index is 1.73. The molecule has 4 nitrogen and oxygen atoms in total. The molecule has 0 atom stereocenters. The highest BCUT2D eigenvalue weighted by Crippen LogP contribution is 2.31. The number of aromatic nitrogens is 1. The van der Waals surface area contributed by atoms with Gasteiger partial charge < -0.3 is 9.64 Å². The van der Waals surface area contributed by atoms with Crippen LogP contribution in [0, 0.1) is 0 Å². The smallest absolute Gasteiger partial charge is 0.187 e. The van der Waals surface area contributed by atoms with Gasteiger partial charge in [-0.3, -0.25) is 4.79 Å². The summed E-state index contributed by atoms with van der Waals surface area (Å²) < 4.78 is 5.33. The Kier molecular flexibility index (Phi) is 5.33. The standard InChI is InChI=1S/C16H14Cl2N2O2S/c17-12-3-1-11(2-4-12)13(21)5-6-14-15(18)19-16(23-14)20-7-9-22-10-8-20/h1-6H,7-10H2. The number of rotatable bonds is 4. The van der Waals surface area contributed by atoms with Crippen LogP contribution in [0.25, 0.3) is 6.08 Å². The van der Waals surface area contributed by atoms with Crippen LogP contribution in [-0.2, 0) is 4.74 Å². The van der Waals surface area contributed by atoms with Crippen LogP contribution < -0.4 is 4.90 Å². The number of carbonyl (C=O) groups is 1. The summed E-state index contributed by atoms with van der Waals surface area (Å²) in [5, 5.41) is 1.87.